The monoisotopic (exact) mass is 478 g/mol. The molecular formula is C11H14BCl6O5P. The van der Waals surface area contributed by atoms with Gasteiger partial charge in [0.1, 0.15) is 32.9 Å². The van der Waals surface area contributed by atoms with E-state index in [9.17, 15) is 4.57 Å². The van der Waals surface area contributed by atoms with E-state index in [-0.39, 0.29) is 11.7 Å². The smallest absolute Gasteiger partial charge is 0.406 e. The number of phosphoric ester groups is 1. The first-order chi connectivity index (χ1) is 10.7. The van der Waals surface area contributed by atoms with Crippen LogP contribution < -0.4 is 0 Å². The number of phosphoric acid groups is 1. The molecule has 1 saturated heterocycles. The normalized spacial score (nSPS) is 25.7. The maximum absolute atomic E-state index is 12.7. The summed E-state index contributed by atoms with van der Waals surface area (Å²) in [4.78, 5) is 0. The fourth-order valence-corrected chi connectivity index (χ4v) is 3.91. The molecule has 0 spiro atoms. The van der Waals surface area contributed by atoms with Gasteiger partial charge < -0.3 is 9.26 Å². The molecule has 1 rings (SSSR count). The van der Waals surface area contributed by atoms with E-state index in [0.29, 0.717) is 6.42 Å². The third-order valence-corrected chi connectivity index (χ3v) is 4.76. The van der Waals surface area contributed by atoms with Crippen molar-refractivity contribution < 1.29 is 22.9 Å². The summed E-state index contributed by atoms with van der Waals surface area (Å²) in [5, 5.41) is 0. The van der Waals surface area contributed by atoms with Gasteiger partial charge in [0.05, 0.1) is 0 Å². The number of alkyl halides is 6. The second-order valence-electron chi connectivity index (χ2n) is 5.09. The lowest BCUT2D eigenvalue weighted by Gasteiger charge is -2.25. The lowest BCUT2D eigenvalue weighted by atomic mass is 9.92. The van der Waals surface area contributed by atoms with Crippen molar-refractivity contribution in [2.75, 3.05) is 13.2 Å². The minimum Gasteiger partial charge on any atom is -0.406 e. The zero-order valence-electron chi connectivity index (χ0n) is 12.4. The van der Waals surface area contributed by atoms with Gasteiger partial charge >= 0.3 is 7.82 Å². The summed E-state index contributed by atoms with van der Waals surface area (Å²) in [6.45, 7) is 4.34. The van der Waals surface area contributed by atoms with Gasteiger partial charge in [-0.1, -0.05) is 83.1 Å². The predicted octanol–water partition coefficient (Wildman–Crippen LogP) is 5.32. The highest BCUT2D eigenvalue weighted by Gasteiger charge is 2.40. The Balaban J connectivity index is 2.80. The minimum absolute atomic E-state index is 0.0209. The molecule has 1 unspecified atom stereocenters. The molecule has 0 aromatic rings. The first kappa shape index (κ1) is 23.5. The van der Waals surface area contributed by atoms with Gasteiger partial charge in [-0.05, 0) is 12.3 Å². The van der Waals surface area contributed by atoms with Crippen molar-refractivity contribution in [2.24, 2.45) is 5.92 Å². The number of ether oxygens (including phenoxy) is 1. The third kappa shape index (κ3) is 8.90. The van der Waals surface area contributed by atoms with E-state index in [2.05, 4.69) is 6.58 Å². The Morgan fingerprint density at radius 3 is 2.00 bits per heavy atom. The van der Waals surface area contributed by atoms with Gasteiger partial charge in [0.2, 0.25) is 7.59 Å². The fraction of sp³-hybridized carbons (Fsp3) is 0.818. The second-order valence-corrected chi connectivity index (χ2v) is 11.7. The number of rotatable bonds is 7. The molecule has 0 saturated carbocycles. The van der Waals surface area contributed by atoms with Crippen LogP contribution in [0.1, 0.15) is 13.3 Å². The van der Waals surface area contributed by atoms with E-state index < -0.39 is 40.7 Å². The van der Waals surface area contributed by atoms with Crippen molar-refractivity contribution >= 4 is 85.3 Å². The van der Waals surface area contributed by atoms with Crippen LogP contribution in [0.2, 0.25) is 0 Å². The van der Waals surface area contributed by atoms with Crippen LogP contribution in [0.5, 0.6) is 0 Å². The molecular weight excluding hydrogens is 467 g/mol. The van der Waals surface area contributed by atoms with E-state index in [0.717, 1.165) is 0 Å². The van der Waals surface area contributed by atoms with Crippen molar-refractivity contribution in [3.05, 3.63) is 12.3 Å². The van der Waals surface area contributed by atoms with Crippen molar-refractivity contribution in [3.8, 4) is 0 Å². The molecule has 24 heavy (non-hydrogen) atoms. The van der Waals surface area contributed by atoms with Crippen LogP contribution in [0, 0.1) is 5.92 Å². The lowest BCUT2D eigenvalue weighted by molar-refractivity contribution is 0.0567. The molecule has 3 atom stereocenters. The largest absolute Gasteiger partial charge is 0.530 e. The molecule has 5 nitrogen and oxygen atoms in total. The third-order valence-electron chi connectivity index (χ3n) is 2.76. The lowest BCUT2D eigenvalue weighted by Crippen LogP contribution is -2.21. The Bertz CT molecular complexity index is 474. The van der Waals surface area contributed by atoms with Gasteiger partial charge in [0.25, 0.3) is 0 Å². The van der Waals surface area contributed by atoms with Crippen molar-refractivity contribution in [3.63, 3.8) is 0 Å². The molecule has 0 bridgehead atoms. The summed E-state index contributed by atoms with van der Waals surface area (Å²) in [6, 6.07) is -0.492. The Kier molecular flexibility index (Phi) is 8.91. The van der Waals surface area contributed by atoms with Gasteiger partial charge in [-0.3, -0.25) is 9.05 Å². The second kappa shape index (κ2) is 9.10. The van der Waals surface area contributed by atoms with Gasteiger partial charge in [0, 0.05) is 6.00 Å². The molecule has 1 heterocycles. The van der Waals surface area contributed by atoms with E-state index in [1.54, 1.807) is 0 Å². The molecule has 1 fully saturated rings. The quantitative estimate of drug-likeness (QED) is 0.214. The fourth-order valence-electron chi connectivity index (χ4n) is 1.85. The average molecular weight is 481 g/mol. The summed E-state index contributed by atoms with van der Waals surface area (Å²) in [5.74, 6) is -0.0466. The zero-order valence-corrected chi connectivity index (χ0v) is 17.8. The Morgan fingerprint density at radius 1 is 1.21 bits per heavy atom. The summed E-state index contributed by atoms with van der Waals surface area (Å²) in [7, 11) is 1.40. The molecule has 0 aliphatic carbocycles. The van der Waals surface area contributed by atoms with Crippen LogP contribution in [-0.2, 0) is 22.9 Å². The van der Waals surface area contributed by atoms with E-state index in [4.69, 9.17) is 95.8 Å². The first-order valence-electron chi connectivity index (χ1n) is 6.53. The molecule has 1 aliphatic rings. The highest BCUT2D eigenvalue weighted by atomic mass is 35.6. The minimum atomic E-state index is -4.29. The van der Waals surface area contributed by atoms with Crippen LogP contribution in [-0.4, -0.2) is 40.8 Å². The van der Waals surface area contributed by atoms with Crippen LogP contribution >= 0.6 is 77.4 Å². The van der Waals surface area contributed by atoms with Crippen molar-refractivity contribution in [1.29, 1.82) is 0 Å². The summed E-state index contributed by atoms with van der Waals surface area (Å²) in [5.41, 5.74) is 0. The molecule has 1 aliphatic heterocycles. The Hall–Kier alpha value is 1.45. The molecule has 0 aromatic carbocycles. The molecule has 0 N–H and O–H groups in total. The SMILES string of the molecule is [B][C@H]1CC(C)[C@@H](C(=C)OP(=O)(OCC(Cl)(Cl)Cl)OCC(Cl)(Cl)Cl)O1. The molecule has 0 amide bonds. The van der Waals surface area contributed by atoms with Crippen LogP contribution in [0.4, 0.5) is 0 Å². The standard InChI is InChI=1S/C11H14BCl6O5P/c1-6-3-8(12)22-9(6)7(2)23-24(19,20-4-10(13,14)15)21-5-11(16,17)18/h6,8-9H,2-5H2,1H3/t6?,8-,9+/m1/s1. The van der Waals surface area contributed by atoms with Crippen LogP contribution in [0.15, 0.2) is 12.3 Å². The molecule has 0 aromatic heterocycles. The highest BCUT2D eigenvalue weighted by molar-refractivity contribution is 7.48. The van der Waals surface area contributed by atoms with E-state index in [1.165, 1.54) is 0 Å². The summed E-state index contributed by atoms with van der Waals surface area (Å²) < 4.78 is 29.6. The number of halogens is 6. The number of hydrogen-bond donors (Lipinski definition) is 0. The van der Waals surface area contributed by atoms with Crippen molar-refractivity contribution in [1.82, 2.24) is 0 Å². The first-order valence-corrected chi connectivity index (χ1v) is 10.3. The van der Waals surface area contributed by atoms with Crippen molar-refractivity contribution in [2.45, 2.75) is 33.0 Å². The van der Waals surface area contributed by atoms with Crippen LogP contribution in [0.3, 0.4) is 0 Å². The van der Waals surface area contributed by atoms with E-state index >= 15 is 0 Å². The summed E-state index contributed by atoms with van der Waals surface area (Å²) in [6.07, 6.45) is -0.0393. The highest BCUT2D eigenvalue weighted by Crippen LogP contribution is 2.55. The zero-order chi connectivity index (χ0) is 18.8. The van der Waals surface area contributed by atoms with Gasteiger partial charge in [0.15, 0.2) is 0 Å². The molecule has 13 heteroatoms. The topological polar surface area (TPSA) is 54.0 Å². The van der Waals surface area contributed by atoms with Crippen LogP contribution in [0.25, 0.3) is 0 Å². The summed E-state index contributed by atoms with van der Waals surface area (Å²) >= 11 is 33.4. The Morgan fingerprint density at radius 2 is 1.67 bits per heavy atom. The molecule has 138 valence electrons. The van der Waals surface area contributed by atoms with Gasteiger partial charge in [-0.15, -0.1) is 0 Å². The average Bonchev–Trinajstić information content (AvgIpc) is 2.72. The van der Waals surface area contributed by atoms with Gasteiger partial charge in [-0.2, -0.15) is 0 Å². The maximum atomic E-state index is 12.7. The maximum Gasteiger partial charge on any atom is 0.530 e. The number of hydrogen-bond acceptors (Lipinski definition) is 5. The Labute approximate surface area is 172 Å². The van der Waals surface area contributed by atoms with E-state index in [1.807, 2.05) is 6.92 Å². The predicted molar refractivity (Wildman–Crippen MR) is 98.5 cm³/mol. The van der Waals surface area contributed by atoms with Gasteiger partial charge in [-0.25, -0.2) is 4.57 Å². The molecule has 2 radical (unpaired) electrons.